The summed E-state index contributed by atoms with van der Waals surface area (Å²) in [5.74, 6) is 0. The predicted octanol–water partition coefficient (Wildman–Crippen LogP) is 4.77. The topological polar surface area (TPSA) is 24.9 Å². The fraction of sp³-hybridized carbons (Fsp3) is 0.500. The fourth-order valence-electron chi connectivity index (χ4n) is 2.93. The molecule has 1 N–H and O–H groups in total. The molecular formula is C18H24N2S. The summed E-state index contributed by atoms with van der Waals surface area (Å²) in [6, 6.07) is 10.8. The summed E-state index contributed by atoms with van der Waals surface area (Å²) in [6.45, 7) is 4.21. The summed E-state index contributed by atoms with van der Waals surface area (Å²) >= 11 is 2.00. The molecule has 1 heterocycles. The Labute approximate surface area is 131 Å². The van der Waals surface area contributed by atoms with Crippen molar-refractivity contribution in [3.05, 3.63) is 35.9 Å². The van der Waals surface area contributed by atoms with Gasteiger partial charge in [-0.15, -0.1) is 11.8 Å². The van der Waals surface area contributed by atoms with Gasteiger partial charge in [-0.3, -0.25) is 0 Å². The summed E-state index contributed by atoms with van der Waals surface area (Å²) in [4.78, 5) is 4.94. The zero-order valence-electron chi connectivity index (χ0n) is 12.8. The molecule has 0 radical (unpaired) electrons. The van der Waals surface area contributed by atoms with E-state index in [-0.39, 0.29) is 0 Å². The molecule has 21 heavy (non-hydrogen) atoms. The van der Waals surface area contributed by atoms with Crippen LogP contribution in [0.4, 0.5) is 0 Å². The van der Waals surface area contributed by atoms with Crippen LogP contribution < -0.4 is 5.32 Å². The van der Waals surface area contributed by atoms with Crippen molar-refractivity contribution in [2.75, 3.05) is 6.54 Å². The van der Waals surface area contributed by atoms with Crippen molar-refractivity contribution in [2.24, 2.45) is 0 Å². The molecule has 1 aliphatic carbocycles. The van der Waals surface area contributed by atoms with Crippen molar-refractivity contribution in [3.63, 3.8) is 0 Å². The Kier molecular flexibility index (Phi) is 5.15. The Morgan fingerprint density at radius 3 is 2.86 bits per heavy atom. The molecule has 3 heteroatoms. The van der Waals surface area contributed by atoms with E-state index in [1.807, 2.05) is 11.8 Å². The highest BCUT2D eigenvalue weighted by atomic mass is 32.2. The summed E-state index contributed by atoms with van der Waals surface area (Å²) in [5, 5.41) is 6.79. The maximum atomic E-state index is 4.94. The fourth-order valence-corrected chi connectivity index (χ4v) is 4.25. The van der Waals surface area contributed by atoms with Crippen molar-refractivity contribution >= 4 is 22.7 Å². The van der Waals surface area contributed by atoms with Gasteiger partial charge in [-0.05, 0) is 43.5 Å². The van der Waals surface area contributed by atoms with Gasteiger partial charge in [0, 0.05) is 17.2 Å². The Bertz CT molecular complexity index is 591. The van der Waals surface area contributed by atoms with Crippen molar-refractivity contribution in [1.82, 2.24) is 10.3 Å². The van der Waals surface area contributed by atoms with Gasteiger partial charge in [0.1, 0.15) is 5.03 Å². The number of pyridine rings is 1. The third-order valence-electron chi connectivity index (χ3n) is 4.09. The van der Waals surface area contributed by atoms with Crippen LogP contribution in [0, 0.1) is 0 Å². The summed E-state index contributed by atoms with van der Waals surface area (Å²) in [7, 11) is 0. The molecule has 1 aromatic heterocycles. The van der Waals surface area contributed by atoms with Crippen LogP contribution in [0.25, 0.3) is 10.9 Å². The number of fused-ring (bicyclic) bond motifs is 1. The van der Waals surface area contributed by atoms with Gasteiger partial charge < -0.3 is 5.32 Å². The first kappa shape index (κ1) is 14.9. The number of hydrogen-bond acceptors (Lipinski definition) is 3. The normalized spacial score (nSPS) is 15.9. The van der Waals surface area contributed by atoms with E-state index in [1.165, 1.54) is 48.1 Å². The number of benzene rings is 1. The Balaban J connectivity index is 1.87. The van der Waals surface area contributed by atoms with Crippen molar-refractivity contribution < 1.29 is 0 Å². The SMILES string of the molecule is CCCNCc1cc2ccccc2nc1SC1CCCC1. The van der Waals surface area contributed by atoms with E-state index in [0.29, 0.717) is 0 Å². The number of hydrogen-bond donors (Lipinski definition) is 1. The molecule has 0 unspecified atom stereocenters. The van der Waals surface area contributed by atoms with Gasteiger partial charge in [0.25, 0.3) is 0 Å². The van der Waals surface area contributed by atoms with Gasteiger partial charge >= 0.3 is 0 Å². The van der Waals surface area contributed by atoms with Gasteiger partial charge in [0.15, 0.2) is 0 Å². The van der Waals surface area contributed by atoms with Crippen LogP contribution in [-0.4, -0.2) is 16.8 Å². The molecule has 1 aromatic carbocycles. The van der Waals surface area contributed by atoms with Crippen LogP contribution in [-0.2, 0) is 6.54 Å². The number of nitrogens with one attached hydrogen (secondary N) is 1. The molecule has 0 aliphatic heterocycles. The second kappa shape index (κ2) is 7.28. The highest BCUT2D eigenvalue weighted by Gasteiger charge is 2.19. The highest BCUT2D eigenvalue weighted by Crippen LogP contribution is 2.36. The average molecular weight is 300 g/mol. The van der Waals surface area contributed by atoms with Crippen LogP contribution in [0.5, 0.6) is 0 Å². The van der Waals surface area contributed by atoms with E-state index < -0.39 is 0 Å². The van der Waals surface area contributed by atoms with E-state index >= 15 is 0 Å². The monoisotopic (exact) mass is 300 g/mol. The Hall–Kier alpha value is -1.06. The first-order valence-electron chi connectivity index (χ1n) is 8.13. The van der Waals surface area contributed by atoms with Gasteiger partial charge in [0.2, 0.25) is 0 Å². The number of rotatable bonds is 6. The lowest BCUT2D eigenvalue weighted by atomic mass is 10.1. The van der Waals surface area contributed by atoms with E-state index in [9.17, 15) is 0 Å². The molecule has 0 saturated heterocycles. The predicted molar refractivity (Wildman–Crippen MR) is 91.9 cm³/mol. The summed E-state index contributed by atoms with van der Waals surface area (Å²) in [5.41, 5.74) is 2.48. The maximum Gasteiger partial charge on any atom is 0.101 e. The molecule has 2 nitrogen and oxygen atoms in total. The van der Waals surface area contributed by atoms with E-state index in [2.05, 4.69) is 42.6 Å². The van der Waals surface area contributed by atoms with Gasteiger partial charge in [-0.25, -0.2) is 4.98 Å². The van der Waals surface area contributed by atoms with Crippen molar-refractivity contribution in [2.45, 2.75) is 55.8 Å². The van der Waals surface area contributed by atoms with Gasteiger partial charge in [-0.1, -0.05) is 38.0 Å². The number of aromatic nitrogens is 1. The molecule has 1 aliphatic rings. The standard InChI is InChI=1S/C18H24N2S/c1-2-11-19-13-15-12-14-7-3-6-10-17(14)20-18(15)21-16-8-4-5-9-16/h3,6-7,10,12,16,19H,2,4-5,8-9,11,13H2,1H3. The first-order chi connectivity index (χ1) is 10.4. The molecule has 0 atom stereocenters. The van der Waals surface area contributed by atoms with Crippen LogP contribution in [0.2, 0.25) is 0 Å². The number of para-hydroxylation sites is 1. The second-order valence-corrected chi connectivity index (χ2v) is 7.14. The van der Waals surface area contributed by atoms with Gasteiger partial charge in [0.05, 0.1) is 5.52 Å². The molecule has 3 rings (SSSR count). The third kappa shape index (κ3) is 3.78. The largest absolute Gasteiger partial charge is 0.313 e. The minimum Gasteiger partial charge on any atom is -0.313 e. The Morgan fingerprint density at radius 2 is 2.05 bits per heavy atom. The van der Waals surface area contributed by atoms with Crippen LogP contribution in [0.1, 0.15) is 44.6 Å². The lowest BCUT2D eigenvalue weighted by Crippen LogP contribution is -2.15. The Morgan fingerprint density at radius 1 is 1.24 bits per heavy atom. The van der Waals surface area contributed by atoms with Gasteiger partial charge in [-0.2, -0.15) is 0 Å². The second-order valence-electron chi connectivity index (χ2n) is 5.85. The zero-order chi connectivity index (χ0) is 14.5. The minimum atomic E-state index is 0.767. The molecule has 0 spiro atoms. The molecule has 112 valence electrons. The number of thioether (sulfide) groups is 1. The maximum absolute atomic E-state index is 4.94. The molecular weight excluding hydrogens is 276 g/mol. The summed E-state index contributed by atoms with van der Waals surface area (Å²) in [6.07, 6.45) is 6.64. The van der Waals surface area contributed by atoms with Crippen LogP contribution in [0.3, 0.4) is 0 Å². The molecule has 0 bridgehead atoms. The van der Waals surface area contributed by atoms with Crippen molar-refractivity contribution in [3.8, 4) is 0 Å². The number of nitrogens with zero attached hydrogens (tertiary/aromatic N) is 1. The average Bonchev–Trinajstić information content (AvgIpc) is 3.01. The lowest BCUT2D eigenvalue weighted by molar-refractivity contribution is 0.666. The lowest BCUT2D eigenvalue weighted by Gasteiger charge is -2.14. The van der Waals surface area contributed by atoms with Crippen LogP contribution in [0.15, 0.2) is 35.4 Å². The molecule has 0 amide bonds. The molecule has 2 aromatic rings. The minimum absolute atomic E-state index is 0.767. The van der Waals surface area contributed by atoms with E-state index in [0.717, 1.165) is 23.9 Å². The molecule has 1 saturated carbocycles. The zero-order valence-corrected chi connectivity index (χ0v) is 13.6. The van der Waals surface area contributed by atoms with Crippen molar-refractivity contribution in [1.29, 1.82) is 0 Å². The highest BCUT2D eigenvalue weighted by molar-refractivity contribution is 7.99. The van der Waals surface area contributed by atoms with Crippen LogP contribution >= 0.6 is 11.8 Å². The summed E-state index contributed by atoms with van der Waals surface area (Å²) < 4.78 is 0. The first-order valence-corrected chi connectivity index (χ1v) is 9.01. The van der Waals surface area contributed by atoms with E-state index in [1.54, 1.807) is 0 Å². The van der Waals surface area contributed by atoms with E-state index in [4.69, 9.17) is 4.98 Å². The molecule has 1 fully saturated rings. The quantitative estimate of drug-likeness (QED) is 0.778. The smallest absolute Gasteiger partial charge is 0.101 e. The third-order valence-corrected chi connectivity index (χ3v) is 5.47.